The predicted octanol–water partition coefficient (Wildman–Crippen LogP) is 1.57. The third-order valence-electron chi connectivity index (χ3n) is 3.92. The molecule has 2 heterocycles. The fourth-order valence-electron chi connectivity index (χ4n) is 2.64. The molecule has 0 aliphatic carbocycles. The van der Waals surface area contributed by atoms with Crippen molar-refractivity contribution in [1.29, 1.82) is 0 Å². The molecule has 1 unspecified atom stereocenters. The van der Waals surface area contributed by atoms with E-state index < -0.39 is 0 Å². The Morgan fingerprint density at radius 3 is 2.60 bits per heavy atom. The second-order valence-electron chi connectivity index (χ2n) is 5.18. The summed E-state index contributed by atoms with van der Waals surface area (Å²) >= 11 is 0. The highest BCUT2D eigenvalue weighted by atomic mass is 16.2. The Kier molecular flexibility index (Phi) is 3.26. The van der Waals surface area contributed by atoms with Gasteiger partial charge in [-0.15, -0.1) is 0 Å². The topological polar surface area (TPSA) is 53.0 Å². The first-order chi connectivity index (χ1) is 9.66. The first kappa shape index (κ1) is 12.8. The maximum Gasteiger partial charge on any atom is 0.270 e. The molecule has 0 bridgehead atoms. The van der Waals surface area contributed by atoms with Crippen molar-refractivity contribution in [3.63, 3.8) is 0 Å². The quantitative estimate of drug-likeness (QED) is 0.820. The van der Waals surface area contributed by atoms with Gasteiger partial charge in [0.2, 0.25) is 5.91 Å². The van der Waals surface area contributed by atoms with Gasteiger partial charge in [0.25, 0.3) is 5.91 Å². The zero-order chi connectivity index (χ0) is 14.1. The van der Waals surface area contributed by atoms with E-state index in [0.717, 1.165) is 18.5 Å². The van der Waals surface area contributed by atoms with E-state index in [1.54, 1.807) is 7.05 Å². The summed E-state index contributed by atoms with van der Waals surface area (Å²) in [6.45, 7) is 0.759. The van der Waals surface area contributed by atoms with Crippen LogP contribution in [0.3, 0.4) is 0 Å². The van der Waals surface area contributed by atoms with Crippen molar-refractivity contribution >= 4 is 17.5 Å². The van der Waals surface area contributed by atoms with Crippen molar-refractivity contribution in [2.24, 2.45) is 5.10 Å². The second kappa shape index (κ2) is 5.07. The summed E-state index contributed by atoms with van der Waals surface area (Å²) in [4.78, 5) is 25.7. The number of carbonyl (C=O) groups excluding carboxylic acids is 2. The average molecular weight is 271 g/mol. The molecule has 1 aromatic rings. The third kappa shape index (κ3) is 2.19. The third-order valence-corrected chi connectivity index (χ3v) is 3.92. The summed E-state index contributed by atoms with van der Waals surface area (Å²) in [5, 5.41) is 5.38. The minimum absolute atomic E-state index is 0.0373. The van der Waals surface area contributed by atoms with Crippen molar-refractivity contribution in [2.75, 3.05) is 13.6 Å². The number of benzene rings is 1. The average Bonchev–Trinajstić information content (AvgIpc) is 2.42. The Balaban J connectivity index is 1.75. The van der Waals surface area contributed by atoms with Gasteiger partial charge in [-0.1, -0.05) is 30.3 Å². The molecule has 1 fully saturated rings. The molecule has 2 aliphatic rings. The minimum Gasteiger partial charge on any atom is -0.330 e. The molecule has 0 N–H and O–H groups in total. The van der Waals surface area contributed by atoms with Crippen LogP contribution in [0.2, 0.25) is 0 Å². The molecule has 104 valence electrons. The highest BCUT2D eigenvalue weighted by Gasteiger charge is 2.36. The summed E-state index contributed by atoms with van der Waals surface area (Å²) in [6, 6.07) is 10.2. The molecule has 0 aromatic heterocycles. The first-order valence-electron chi connectivity index (χ1n) is 6.87. The summed E-state index contributed by atoms with van der Waals surface area (Å²) in [5.74, 6) is -0.0748. The van der Waals surface area contributed by atoms with Crippen LogP contribution in [0.15, 0.2) is 35.4 Å². The lowest BCUT2D eigenvalue weighted by molar-refractivity contribution is -0.133. The molecular weight excluding hydrogens is 254 g/mol. The number of hydrazone groups is 1. The standard InChI is InChI=1S/C15H17N3O2/c1-17-14(19)8-7-12(16-17)15(20)18-10-9-13(18)11-5-3-2-4-6-11/h2-6,13H,7-10H2,1H3. The van der Waals surface area contributed by atoms with Crippen LogP contribution >= 0.6 is 0 Å². The molecule has 3 rings (SSSR count). The van der Waals surface area contributed by atoms with Crippen molar-refractivity contribution < 1.29 is 9.59 Å². The van der Waals surface area contributed by atoms with E-state index in [2.05, 4.69) is 5.10 Å². The van der Waals surface area contributed by atoms with E-state index in [-0.39, 0.29) is 17.9 Å². The molecule has 0 saturated carbocycles. The molecule has 5 heteroatoms. The van der Waals surface area contributed by atoms with Crippen molar-refractivity contribution in [2.45, 2.75) is 25.3 Å². The van der Waals surface area contributed by atoms with Gasteiger partial charge >= 0.3 is 0 Å². The SMILES string of the molecule is CN1N=C(C(=O)N2CCC2c2ccccc2)CCC1=O. The summed E-state index contributed by atoms with van der Waals surface area (Å²) in [6.07, 6.45) is 1.79. The zero-order valence-electron chi connectivity index (χ0n) is 11.5. The first-order valence-corrected chi connectivity index (χ1v) is 6.87. The van der Waals surface area contributed by atoms with Crippen LogP contribution in [0.4, 0.5) is 0 Å². The maximum atomic E-state index is 12.5. The van der Waals surface area contributed by atoms with Gasteiger partial charge in [-0.25, -0.2) is 5.01 Å². The highest BCUT2D eigenvalue weighted by molar-refractivity contribution is 6.39. The van der Waals surface area contributed by atoms with Crippen LogP contribution in [-0.2, 0) is 9.59 Å². The van der Waals surface area contributed by atoms with Gasteiger partial charge in [-0.2, -0.15) is 5.10 Å². The lowest BCUT2D eigenvalue weighted by atomic mass is 9.93. The number of hydrogen-bond donors (Lipinski definition) is 0. The zero-order valence-corrected chi connectivity index (χ0v) is 11.5. The molecule has 0 spiro atoms. The minimum atomic E-state index is -0.0375. The fourth-order valence-corrected chi connectivity index (χ4v) is 2.64. The van der Waals surface area contributed by atoms with Gasteiger partial charge in [0.15, 0.2) is 0 Å². The Morgan fingerprint density at radius 1 is 1.25 bits per heavy atom. The van der Waals surface area contributed by atoms with Gasteiger partial charge in [0.1, 0.15) is 5.71 Å². The van der Waals surface area contributed by atoms with Crippen LogP contribution in [0, 0.1) is 0 Å². The van der Waals surface area contributed by atoms with E-state index in [9.17, 15) is 9.59 Å². The van der Waals surface area contributed by atoms with Gasteiger partial charge in [0, 0.05) is 26.4 Å². The normalized spacial score (nSPS) is 22.4. The van der Waals surface area contributed by atoms with E-state index in [0.29, 0.717) is 18.6 Å². The molecule has 1 saturated heterocycles. The lowest BCUT2D eigenvalue weighted by Crippen LogP contribution is -2.49. The predicted molar refractivity (Wildman–Crippen MR) is 75.0 cm³/mol. The smallest absolute Gasteiger partial charge is 0.270 e. The lowest BCUT2D eigenvalue weighted by Gasteiger charge is -2.41. The molecule has 20 heavy (non-hydrogen) atoms. The highest BCUT2D eigenvalue weighted by Crippen LogP contribution is 2.33. The molecule has 0 radical (unpaired) electrons. The van der Waals surface area contributed by atoms with Gasteiger partial charge in [0.05, 0.1) is 6.04 Å². The fraction of sp³-hybridized carbons (Fsp3) is 0.400. The van der Waals surface area contributed by atoms with E-state index in [4.69, 9.17) is 0 Å². The Labute approximate surface area is 117 Å². The van der Waals surface area contributed by atoms with E-state index >= 15 is 0 Å². The maximum absolute atomic E-state index is 12.5. The molecule has 1 atom stereocenters. The van der Waals surface area contributed by atoms with Gasteiger partial charge in [-0.3, -0.25) is 9.59 Å². The number of rotatable bonds is 2. The van der Waals surface area contributed by atoms with Crippen LogP contribution in [0.1, 0.15) is 30.9 Å². The van der Waals surface area contributed by atoms with Crippen molar-refractivity contribution in [3.05, 3.63) is 35.9 Å². The number of hydrogen-bond acceptors (Lipinski definition) is 3. The number of nitrogens with zero attached hydrogens (tertiary/aromatic N) is 3. The molecule has 1 aromatic carbocycles. The Hall–Kier alpha value is -2.17. The molecule has 2 aliphatic heterocycles. The van der Waals surface area contributed by atoms with Crippen LogP contribution in [0.5, 0.6) is 0 Å². The van der Waals surface area contributed by atoms with Gasteiger partial charge < -0.3 is 4.90 Å². The van der Waals surface area contributed by atoms with Crippen LogP contribution in [-0.4, -0.2) is 41.0 Å². The van der Waals surface area contributed by atoms with E-state index in [1.807, 2.05) is 35.2 Å². The molecule has 2 amide bonds. The van der Waals surface area contributed by atoms with Crippen molar-refractivity contribution in [3.8, 4) is 0 Å². The van der Waals surface area contributed by atoms with E-state index in [1.165, 1.54) is 5.01 Å². The van der Waals surface area contributed by atoms with Crippen LogP contribution < -0.4 is 0 Å². The second-order valence-corrected chi connectivity index (χ2v) is 5.18. The summed E-state index contributed by atoms with van der Waals surface area (Å²) < 4.78 is 0. The molecular formula is C15H17N3O2. The van der Waals surface area contributed by atoms with Crippen molar-refractivity contribution in [1.82, 2.24) is 9.91 Å². The summed E-state index contributed by atoms with van der Waals surface area (Å²) in [7, 11) is 1.60. The van der Waals surface area contributed by atoms with Gasteiger partial charge in [-0.05, 0) is 12.0 Å². The largest absolute Gasteiger partial charge is 0.330 e. The Morgan fingerprint density at radius 2 is 2.00 bits per heavy atom. The summed E-state index contributed by atoms with van der Waals surface area (Å²) in [5.41, 5.74) is 1.65. The van der Waals surface area contributed by atoms with Crippen LogP contribution in [0.25, 0.3) is 0 Å². The Bertz CT molecular complexity index is 568. The molecule has 5 nitrogen and oxygen atoms in total. The monoisotopic (exact) mass is 271 g/mol. The number of likely N-dealkylation sites (tertiary alicyclic amines) is 1. The number of carbonyl (C=O) groups is 2. The number of amides is 2.